The van der Waals surface area contributed by atoms with E-state index in [-0.39, 0.29) is 18.7 Å². The molecule has 0 spiro atoms. The van der Waals surface area contributed by atoms with E-state index in [0.29, 0.717) is 10.2 Å². The molecule has 0 amide bonds. The Bertz CT molecular complexity index is 761. The minimum atomic E-state index is -3.99. The number of nitrogens with zero attached hydrogens (tertiary/aromatic N) is 2. The van der Waals surface area contributed by atoms with Crippen LogP contribution in [0.2, 0.25) is 0 Å². The first-order valence-electron chi connectivity index (χ1n) is 5.99. The summed E-state index contributed by atoms with van der Waals surface area (Å²) in [6.07, 6.45) is 1.69. The molecule has 2 aromatic rings. The number of benzene rings is 1. The molecule has 0 fully saturated rings. The van der Waals surface area contributed by atoms with Gasteiger partial charge in [-0.15, -0.1) is 0 Å². The van der Waals surface area contributed by atoms with Gasteiger partial charge in [0.1, 0.15) is 10.7 Å². The van der Waals surface area contributed by atoms with Crippen LogP contribution in [-0.4, -0.2) is 18.2 Å². The molecule has 21 heavy (non-hydrogen) atoms. The maximum Gasteiger partial charge on any atom is 0.243 e. The minimum absolute atomic E-state index is 0.0207. The molecule has 0 atom stereocenters. The summed E-state index contributed by atoms with van der Waals surface area (Å²) >= 11 is 3.15. The molecule has 3 N–H and O–H groups in total. The summed E-state index contributed by atoms with van der Waals surface area (Å²) in [6.45, 7) is -0.110. The zero-order valence-electron chi connectivity index (χ0n) is 11.2. The summed E-state index contributed by atoms with van der Waals surface area (Å²) in [4.78, 5) is -0.437. The van der Waals surface area contributed by atoms with Crippen LogP contribution in [0.25, 0.3) is 0 Å². The zero-order valence-corrected chi connectivity index (χ0v) is 13.6. The lowest BCUT2D eigenvalue weighted by Crippen LogP contribution is -2.25. The van der Waals surface area contributed by atoms with Crippen LogP contribution in [0, 0.1) is 5.82 Å². The van der Waals surface area contributed by atoms with Crippen molar-refractivity contribution in [2.45, 2.75) is 18.0 Å². The summed E-state index contributed by atoms with van der Waals surface area (Å²) in [5, 5.41) is 4.05. The van der Waals surface area contributed by atoms with Gasteiger partial charge in [0, 0.05) is 29.8 Å². The molecule has 9 heteroatoms. The van der Waals surface area contributed by atoms with Crippen molar-refractivity contribution in [1.29, 1.82) is 0 Å². The number of hydrogen-bond acceptors (Lipinski definition) is 4. The molecule has 0 aliphatic rings. The number of rotatable bonds is 5. The normalized spacial score (nSPS) is 11.8. The maximum absolute atomic E-state index is 14.1. The van der Waals surface area contributed by atoms with Crippen molar-refractivity contribution in [3.05, 3.63) is 45.9 Å². The third-order valence-electron chi connectivity index (χ3n) is 2.80. The lowest BCUT2D eigenvalue weighted by atomic mass is 10.2. The molecule has 1 heterocycles. The largest absolute Gasteiger partial charge is 0.326 e. The lowest BCUT2D eigenvalue weighted by molar-refractivity contribution is 0.548. The molecular weight excluding hydrogens is 363 g/mol. The quantitative estimate of drug-likeness (QED) is 0.821. The maximum atomic E-state index is 14.1. The average molecular weight is 377 g/mol. The summed E-state index contributed by atoms with van der Waals surface area (Å²) in [5.74, 6) is -0.839. The predicted molar refractivity (Wildman–Crippen MR) is 79.2 cm³/mol. The Hall–Kier alpha value is -1.29. The summed E-state index contributed by atoms with van der Waals surface area (Å²) in [6, 6.07) is 4.33. The first kappa shape index (κ1) is 16.1. The number of aromatic nitrogens is 2. The first-order valence-corrected chi connectivity index (χ1v) is 8.27. The zero-order chi connectivity index (χ0) is 15.6. The van der Waals surface area contributed by atoms with Gasteiger partial charge in [0.25, 0.3) is 0 Å². The van der Waals surface area contributed by atoms with E-state index in [0.717, 1.165) is 0 Å². The molecule has 114 valence electrons. The van der Waals surface area contributed by atoms with Crippen molar-refractivity contribution < 1.29 is 12.8 Å². The van der Waals surface area contributed by atoms with Crippen LogP contribution in [0.1, 0.15) is 11.3 Å². The fraction of sp³-hybridized carbons (Fsp3) is 0.250. The van der Waals surface area contributed by atoms with E-state index < -0.39 is 20.7 Å². The van der Waals surface area contributed by atoms with Crippen LogP contribution in [-0.2, 0) is 30.2 Å². The number of nitrogens with one attached hydrogen (secondary N) is 1. The highest BCUT2D eigenvalue weighted by Gasteiger charge is 2.22. The molecule has 0 saturated heterocycles. The van der Waals surface area contributed by atoms with Gasteiger partial charge in [0.2, 0.25) is 10.0 Å². The van der Waals surface area contributed by atoms with Crippen molar-refractivity contribution in [3.8, 4) is 0 Å². The van der Waals surface area contributed by atoms with Gasteiger partial charge in [0.15, 0.2) is 0 Å². The molecule has 2 rings (SSSR count). The van der Waals surface area contributed by atoms with Crippen LogP contribution in [0.4, 0.5) is 4.39 Å². The molecule has 1 aromatic heterocycles. The van der Waals surface area contributed by atoms with E-state index in [4.69, 9.17) is 5.73 Å². The smallest absolute Gasteiger partial charge is 0.243 e. The SMILES string of the molecule is Cn1ccc(CNS(=O)(=O)c2cc(Br)cc(CN)c2F)n1. The summed E-state index contributed by atoms with van der Waals surface area (Å²) in [5.41, 5.74) is 6.08. The van der Waals surface area contributed by atoms with Crippen LogP contribution in [0.5, 0.6) is 0 Å². The Morgan fingerprint density at radius 1 is 1.48 bits per heavy atom. The topological polar surface area (TPSA) is 90.0 Å². The summed E-state index contributed by atoms with van der Waals surface area (Å²) < 4.78 is 42.9. The van der Waals surface area contributed by atoms with Gasteiger partial charge in [-0.2, -0.15) is 5.10 Å². The van der Waals surface area contributed by atoms with E-state index in [1.807, 2.05) is 0 Å². The molecule has 1 aromatic carbocycles. The molecule has 0 bridgehead atoms. The predicted octanol–water partition coefficient (Wildman–Crippen LogP) is 1.26. The number of sulfonamides is 1. The van der Waals surface area contributed by atoms with Gasteiger partial charge in [-0.3, -0.25) is 4.68 Å². The van der Waals surface area contributed by atoms with Crippen molar-refractivity contribution in [2.24, 2.45) is 12.8 Å². The Labute approximate surface area is 130 Å². The molecule has 0 radical (unpaired) electrons. The van der Waals surface area contributed by atoms with E-state index in [1.54, 1.807) is 24.0 Å². The monoisotopic (exact) mass is 376 g/mol. The van der Waals surface area contributed by atoms with E-state index in [9.17, 15) is 12.8 Å². The van der Waals surface area contributed by atoms with E-state index >= 15 is 0 Å². The molecule has 6 nitrogen and oxygen atoms in total. The summed E-state index contributed by atoms with van der Waals surface area (Å²) in [7, 11) is -2.27. The van der Waals surface area contributed by atoms with Crippen molar-refractivity contribution in [3.63, 3.8) is 0 Å². The second kappa shape index (κ2) is 6.22. The van der Waals surface area contributed by atoms with Gasteiger partial charge >= 0.3 is 0 Å². The van der Waals surface area contributed by atoms with Gasteiger partial charge < -0.3 is 5.73 Å². The third kappa shape index (κ3) is 3.67. The Morgan fingerprint density at radius 3 is 2.76 bits per heavy atom. The van der Waals surface area contributed by atoms with Crippen LogP contribution < -0.4 is 10.5 Å². The second-order valence-electron chi connectivity index (χ2n) is 4.39. The van der Waals surface area contributed by atoms with Crippen LogP contribution in [0.15, 0.2) is 33.8 Å². The molecule has 0 unspecified atom stereocenters. The number of hydrogen-bond donors (Lipinski definition) is 2. The first-order chi connectivity index (χ1) is 9.83. The van der Waals surface area contributed by atoms with Crippen LogP contribution in [0.3, 0.4) is 0 Å². The number of halogens is 2. The van der Waals surface area contributed by atoms with Gasteiger partial charge in [-0.1, -0.05) is 15.9 Å². The molecule has 0 aliphatic heterocycles. The Balaban J connectivity index is 2.29. The van der Waals surface area contributed by atoms with E-state index in [2.05, 4.69) is 25.8 Å². The van der Waals surface area contributed by atoms with Gasteiger partial charge in [-0.25, -0.2) is 17.5 Å². The van der Waals surface area contributed by atoms with Crippen molar-refractivity contribution >= 4 is 26.0 Å². The Morgan fingerprint density at radius 2 is 2.19 bits per heavy atom. The highest BCUT2D eigenvalue weighted by atomic mass is 79.9. The van der Waals surface area contributed by atoms with Gasteiger partial charge in [-0.05, 0) is 18.2 Å². The molecule has 0 saturated carbocycles. The third-order valence-corrected chi connectivity index (χ3v) is 4.66. The highest BCUT2D eigenvalue weighted by Crippen LogP contribution is 2.24. The average Bonchev–Trinajstić information content (AvgIpc) is 2.84. The minimum Gasteiger partial charge on any atom is -0.326 e. The van der Waals surface area contributed by atoms with Crippen LogP contribution >= 0.6 is 15.9 Å². The fourth-order valence-electron chi connectivity index (χ4n) is 1.77. The molecular formula is C12H14BrFN4O2S. The fourth-order valence-corrected chi connectivity index (χ4v) is 3.57. The number of aryl methyl sites for hydroxylation is 1. The Kier molecular flexibility index (Phi) is 4.77. The van der Waals surface area contributed by atoms with E-state index in [1.165, 1.54) is 12.1 Å². The lowest BCUT2D eigenvalue weighted by Gasteiger charge is -2.10. The molecule has 0 aliphatic carbocycles. The number of nitrogens with two attached hydrogens (primary N) is 1. The van der Waals surface area contributed by atoms with Crippen molar-refractivity contribution in [2.75, 3.05) is 0 Å². The second-order valence-corrected chi connectivity index (χ2v) is 7.04. The highest BCUT2D eigenvalue weighted by molar-refractivity contribution is 9.10. The van der Waals surface area contributed by atoms with Crippen molar-refractivity contribution in [1.82, 2.24) is 14.5 Å². The standard InChI is InChI=1S/C12H14BrFN4O2S/c1-18-3-2-10(17-18)7-16-21(19,20)11-5-9(13)4-8(6-15)12(11)14/h2-5,16H,6-7,15H2,1H3. The van der Waals surface area contributed by atoms with Gasteiger partial charge in [0.05, 0.1) is 12.2 Å².